The highest BCUT2D eigenvalue weighted by Gasteiger charge is 2.03. The number of benzene rings is 1. The maximum atomic E-state index is 8.43. The molecule has 0 spiro atoms. The molecule has 0 amide bonds. The second-order valence-corrected chi connectivity index (χ2v) is 3.75. The first-order valence-electron chi connectivity index (χ1n) is 4.06. The van der Waals surface area contributed by atoms with Crippen molar-refractivity contribution in [3.63, 3.8) is 0 Å². The van der Waals surface area contributed by atoms with Crippen LogP contribution in [0.15, 0.2) is 18.2 Å². The quantitative estimate of drug-likeness (QED) is 0.747. The minimum atomic E-state index is -0.619. The Labute approximate surface area is 93.0 Å². The number of hydrogen-bond acceptors (Lipinski definition) is 2. The largest absolute Gasteiger partial charge is 0.491 e. The van der Waals surface area contributed by atoms with E-state index in [1.807, 2.05) is 19.1 Å². The Bertz CT molecular complexity index is 360. The molecule has 14 heavy (non-hydrogen) atoms. The van der Waals surface area contributed by atoms with Crippen LogP contribution in [0.4, 0.5) is 0 Å². The number of aryl methyl sites for hydroxylation is 1. The van der Waals surface area contributed by atoms with E-state index in [9.17, 15) is 0 Å². The molecular weight excluding hydrogens is 221 g/mol. The average Bonchev–Trinajstić information content (AvgIpc) is 2.19. The van der Waals surface area contributed by atoms with Crippen LogP contribution >= 0.6 is 23.2 Å². The van der Waals surface area contributed by atoms with Crippen molar-refractivity contribution >= 4 is 23.2 Å². The van der Waals surface area contributed by atoms with Crippen molar-refractivity contribution in [3.05, 3.63) is 28.8 Å². The van der Waals surface area contributed by atoms with Gasteiger partial charge in [0.15, 0.2) is 5.38 Å². The van der Waals surface area contributed by atoms with Gasteiger partial charge in [-0.05, 0) is 30.7 Å². The molecule has 0 aromatic heterocycles. The first kappa shape index (κ1) is 11.2. The van der Waals surface area contributed by atoms with Crippen molar-refractivity contribution in [3.8, 4) is 11.8 Å². The fourth-order valence-electron chi connectivity index (χ4n) is 0.914. The van der Waals surface area contributed by atoms with Gasteiger partial charge < -0.3 is 4.74 Å². The molecule has 4 heteroatoms. The number of nitriles is 1. The summed E-state index contributed by atoms with van der Waals surface area (Å²) in [5.74, 6) is 0.674. The molecule has 1 rings (SSSR count). The number of hydrogen-bond donors (Lipinski definition) is 0. The Kier molecular flexibility index (Phi) is 4.06. The molecule has 0 N–H and O–H groups in total. The number of alkyl halides is 1. The van der Waals surface area contributed by atoms with Crippen LogP contribution in [-0.4, -0.2) is 12.0 Å². The molecule has 0 aliphatic heterocycles. The predicted octanol–water partition coefficient (Wildman–Crippen LogP) is 3.16. The average molecular weight is 230 g/mol. The third-order valence-corrected chi connectivity index (χ3v) is 2.31. The van der Waals surface area contributed by atoms with E-state index in [1.165, 1.54) is 0 Å². The van der Waals surface area contributed by atoms with Crippen molar-refractivity contribution in [2.24, 2.45) is 0 Å². The summed E-state index contributed by atoms with van der Waals surface area (Å²) in [6, 6.07) is 7.18. The molecule has 0 radical (unpaired) electrons. The lowest BCUT2D eigenvalue weighted by Gasteiger charge is -2.07. The van der Waals surface area contributed by atoms with Crippen LogP contribution in [0.2, 0.25) is 5.02 Å². The Morgan fingerprint density at radius 3 is 2.86 bits per heavy atom. The fraction of sp³-hybridized carbons (Fsp3) is 0.300. The zero-order valence-electron chi connectivity index (χ0n) is 7.63. The third kappa shape index (κ3) is 3.10. The summed E-state index contributed by atoms with van der Waals surface area (Å²) in [6.45, 7) is 2.07. The molecule has 0 fully saturated rings. The molecule has 1 atom stereocenters. The van der Waals surface area contributed by atoms with E-state index in [2.05, 4.69) is 0 Å². The summed E-state index contributed by atoms with van der Waals surface area (Å²) in [5.41, 5.74) is 0.937. The van der Waals surface area contributed by atoms with Gasteiger partial charge in [0.1, 0.15) is 12.4 Å². The predicted molar refractivity (Wildman–Crippen MR) is 56.9 cm³/mol. The monoisotopic (exact) mass is 229 g/mol. The Balaban J connectivity index is 2.61. The lowest BCUT2D eigenvalue weighted by atomic mass is 10.2. The Morgan fingerprint density at radius 1 is 1.57 bits per heavy atom. The first-order chi connectivity index (χ1) is 6.63. The van der Waals surface area contributed by atoms with E-state index >= 15 is 0 Å². The van der Waals surface area contributed by atoms with Crippen LogP contribution in [0.25, 0.3) is 0 Å². The van der Waals surface area contributed by atoms with E-state index in [1.54, 1.807) is 12.1 Å². The van der Waals surface area contributed by atoms with Gasteiger partial charge in [-0.1, -0.05) is 11.6 Å². The van der Waals surface area contributed by atoms with Crippen molar-refractivity contribution < 1.29 is 4.74 Å². The van der Waals surface area contributed by atoms with Crippen LogP contribution < -0.4 is 4.74 Å². The second kappa shape index (κ2) is 5.09. The van der Waals surface area contributed by atoms with Gasteiger partial charge in [-0.3, -0.25) is 0 Å². The van der Waals surface area contributed by atoms with Gasteiger partial charge in [0.2, 0.25) is 0 Å². The highest BCUT2D eigenvalue weighted by atomic mass is 35.5. The Morgan fingerprint density at radius 2 is 2.29 bits per heavy atom. The van der Waals surface area contributed by atoms with Crippen molar-refractivity contribution in [2.45, 2.75) is 12.3 Å². The molecule has 2 nitrogen and oxygen atoms in total. The van der Waals surface area contributed by atoms with E-state index in [4.69, 9.17) is 33.2 Å². The molecule has 1 aromatic carbocycles. The SMILES string of the molecule is Cc1cc(OCC(Cl)C#N)ccc1Cl. The summed E-state index contributed by atoms with van der Waals surface area (Å²) < 4.78 is 5.28. The normalized spacial score (nSPS) is 11.9. The zero-order valence-corrected chi connectivity index (χ0v) is 9.14. The van der Waals surface area contributed by atoms with Crippen LogP contribution in [-0.2, 0) is 0 Å². The highest BCUT2D eigenvalue weighted by Crippen LogP contribution is 2.21. The second-order valence-electron chi connectivity index (χ2n) is 2.82. The van der Waals surface area contributed by atoms with E-state index in [0.29, 0.717) is 10.8 Å². The standard InChI is InChI=1S/C10H9Cl2NO/c1-7-4-9(2-3-10(7)12)14-6-8(11)5-13/h2-4,8H,6H2,1H3. The minimum Gasteiger partial charge on any atom is -0.491 e. The van der Waals surface area contributed by atoms with Gasteiger partial charge in [0.25, 0.3) is 0 Å². The van der Waals surface area contributed by atoms with Crippen LogP contribution in [0.5, 0.6) is 5.75 Å². The third-order valence-electron chi connectivity index (χ3n) is 1.67. The zero-order chi connectivity index (χ0) is 10.6. The number of rotatable bonds is 3. The molecule has 1 aromatic rings. The van der Waals surface area contributed by atoms with Gasteiger partial charge >= 0.3 is 0 Å². The molecule has 1 unspecified atom stereocenters. The lowest BCUT2D eigenvalue weighted by Crippen LogP contribution is -2.09. The molecule has 0 aliphatic rings. The van der Waals surface area contributed by atoms with E-state index in [0.717, 1.165) is 5.56 Å². The molecule has 0 heterocycles. The molecular formula is C10H9Cl2NO. The van der Waals surface area contributed by atoms with E-state index < -0.39 is 5.38 Å². The maximum Gasteiger partial charge on any atom is 0.154 e. The highest BCUT2D eigenvalue weighted by molar-refractivity contribution is 6.31. The summed E-state index contributed by atoms with van der Waals surface area (Å²) in [4.78, 5) is 0. The van der Waals surface area contributed by atoms with Crippen molar-refractivity contribution in [1.82, 2.24) is 0 Å². The smallest absolute Gasteiger partial charge is 0.154 e. The van der Waals surface area contributed by atoms with Crippen LogP contribution in [0.3, 0.4) is 0 Å². The number of halogens is 2. The summed E-state index contributed by atoms with van der Waals surface area (Å²) >= 11 is 11.4. The van der Waals surface area contributed by atoms with Crippen LogP contribution in [0.1, 0.15) is 5.56 Å². The summed E-state index contributed by atoms with van der Waals surface area (Å²) in [7, 11) is 0. The van der Waals surface area contributed by atoms with Gasteiger partial charge in [0.05, 0.1) is 6.07 Å². The van der Waals surface area contributed by atoms with Gasteiger partial charge in [-0.15, -0.1) is 11.6 Å². The van der Waals surface area contributed by atoms with Gasteiger partial charge in [-0.2, -0.15) is 5.26 Å². The summed E-state index contributed by atoms with van der Waals surface area (Å²) in [5, 5.41) is 8.50. The molecule has 0 aliphatic carbocycles. The molecule has 0 saturated heterocycles. The molecule has 0 saturated carbocycles. The first-order valence-corrected chi connectivity index (χ1v) is 4.87. The van der Waals surface area contributed by atoms with Gasteiger partial charge in [-0.25, -0.2) is 0 Å². The lowest BCUT2D eigenvalue weighted by molar-refractivity contribution is 0.329. The summed E-state index contributed by atoms with van der Waals surface area (Å²) in [6.07, 6.45) is 0. The number of nitrogens with zero attached hydrogens (tertiary/aromatic N) is 1. The number of ether oxygens (including phenoxy) is 1. The van der Waals surface area contributed by atoms with Crippen molar-refractivity contribution in [1.29, 1.82) is 5.26 Å². The van der Waals surface area contributed by atoms with Gasteiger partial charge in [0, 0.05) is 5.02 Å². The minimum absolute atomic E-state index is 0.180. The van der Waals surface area contributed by atoms with Crippen LogP contribution in [0, 0.1) is 18.3 Å². The molecule has 0 bridgehead atoms. The maximum absolute atomic E-state index is 8.43. The van der Waals surface area contributed by atoms with Crippen molar-refractivity contribution in [2.75, 3.05) is 6.61 Å². The Hall–Kier alpha value is -0.910. The molecule has 74 valence electrons. The fourth-order valence-corrected chi connectivity index (χ4v) is 1.09. The topological polar surface area (TPSA) is 33.0 Å². The van der Waals surface area contributed by atoms with E-state index in [-0.39, 0.29) is 6.61 Å².